The fourth-order valence-corrected chi connectivity index (χ4v) is 2.10. The third-order valence-corrected chi connectivity index (χ3v) is 3.16. The van der Waals surface area contributed by atoms with Crippen molar-refractivity contribution in [3.63, 3.8) is 0 Å². The van der Waals surface area contributed by atoms with E-state index >= 15 is 0 Å². The molecule has 0 radical (unpaired) electrons. The van der Waals surface area contributed by atoms with Crippen molar-refractivity contribution in [1.29, 1.82) is 0 Å². The lowest BCUT2D eigenvalue weighted by molar-refractivity contribution is 0.0754. The van der Waals surface area contributed by atoms with Gasteiger partial charge in [-0.25, -0.2) is 4.98 Å². The van der Waals surface area contributed by atoms with Gasteiger partial charge in [0.1, 0.15) is 0 Å². The third kappa shape index (κ3) is 2.53. The molecule has 5 nitrogen and oxygen atoms in total. The molecule has 1 saturated heterocycles. The number of rotatable bonds is 2. The second-order valence-corrected chi connectivity index (χ2v) is 4.37. The second kappa shape index (κ2) is 4.69. The molecule has 2 atom stereocenters. The molecule has 1 aromatic rings. The molecule has 0 aromatic carbocycles. The van der Waals surface area contributed by atoms with E-state index in [0.717, 1.165) is 6.54 Å². The fraction of sp³-hybridized carbons (Fsp3) is 0.556. The van der Waals surface area contributed by atoms with E-state index in [1.165, 1.54) is 11.3 Å². The third-order valence-electron chi connectivity index (χ3n) is 2.39. The Morgan fingerprint density at radius 3 is 3.27 bits per heavy atom. The van der Waals surface area contributed by atoms with Crippen LogP contribution in [0.5, 0.6) is 0 Å². The molecule has 1 amide bonds. The van der Waals surface area contributed by atoms with E-state index in [0.29, 0.717) is 18.0 Å². The smallest absolute Gasteiger partial charge is 0.280 e. The number of piperidine rings is 1. The van der Waals surface area contributed by atoms with Crippen LogP contribution in [-0.2, 0) is 0 Å². The van der Waals surface area contributed by atoms with Crippen molar-refractivity contribution >= 4 is 17.2 Å². The van der Waals surface area contributed by atoms with Gasteiger partial charge in [-0.15, -0.1) is 11.3 Å². The molecule has 1 fully saturated rings. The molecule has 0 saturated carbocycles. The van der Waals surface area contributed by atoms with Gasteiger partial charge in [-0.2, -0.15) is 0 Å². The predicted molar refractivity (Wildman–Crippen MR) is 56.9 cm³/mol. The summed E-state index contributed by atoms with van der Waals surface area (Å²) in [5, 5.41) is 17.7. The highest BCUT2D eigenvalue weighted by molar-refractivity contribution is 7.11. The Morgan fingerprint density at radius 1 is 1.73 bits per heavy atom. The van der Waals surface area contributed by atoms with E-state index in [1.807, 2.05) is 0 Å². The number of carbonyl (C=O) groups is 1. The molecule has 0 aliphatic carbocycles. The van der Waals surface area contributed by atoms with Crippen LogP contribution in [0.15, 0.2) is 11.6 Å². The predicted octanol–water partition coefficient (Wildman–Crippen LogP) is -0.404. The number of nitrogens with one attached hydrogen (secondary N) is 2. The first-order valence-corrected chi connectivity index (χ1v) is 5.74. The molecular weight excluding hydrogens is 214 g/mol. The number of carbonyl (C=O) groups excluding carboxylic acids is 1. The van der Waals surface area contributed by atoms with Crippen molar-refractivity contribution in [2.24, 2.45) is 0 Å². The fourth-order valence-electron chi connectivity index (χ4n) is 1.56. The maximum Gasteiger partial charge on any atom is 0.280 e. The van der Waals surface area contributed by atoms with Gasteiger partial charge in [0.15, 0.2) is 5.01 Å². The molecule has 6 heteroatoms. The molecule has 82 valence electrons. The topological polar surface area (TPSA) is 74.2 Å². The monoisotopic (exact) mass is 227 g/mol. The van der Waals surface area contributed by atoms with Gasteiger partial charge < -0.3 is 15.7 Å². The Bertz CT molecular complexity index is 328. The Kier molecular flexibility index (Phi) is 3.30. The maximum absolute atomic E-state index is 11.6. The summed E-state index contributed by atoms with van der Waals surface area (Å²) in [6.45, 7) is 1.41. The number of hydrogen-bond acceptors (Lipinski definition) is 5. The summed E-state index contributed by atoms with van der Waals surface area (Å²) >= 11 is 1.30. The van der Waals surface area contributed by atoms with Crippen LogP contribution in [0.2, 0.25) is 0 Å². The van der Waals surface area contributed by atoms with Gasteiger partial charge in [0.25, 0.3) is 5.91 Å². The lowest BCUT2D eigenvalue weighted by Gasteiger charge is -2.28. The van der Waals surface area contributed by atoms with Crippen molar-refractivity contribution in [2.75, 3.05) is 13.1 Å². The van der Waals surface area contributed by atoms with E-state index in [-0.39, 0.29) is 11.9 Å². The Hall–Kier alpha value is -0.980. The second-order valence-electron chi connectivity index (χ2n) is 3.48. The number of hydrogen-bond donors (Lipinski definition) is 3. The summed E-state index contributed by atoms with van der Waals surface area (Å²) in [4.78, 5) is 15.5. The molecule has 0 bridgehead atoms. The molecule has 2 heterocycles. The zero-order valence-electron chi connectivity index (χ0n) is 8.14. The molecule has 1 aliphatic heterocycles. The summed E-state index contributed by atoms with van der Waals surface area (Å²) in [6, 6.07) is -0.213. The first-order valence-electron chi connectivity index (χ1n) is 4.86. The van der Waals surface area contributed by atoms with E-state index in [4.69, 9.17) is 0 Å². The number of aromatic nitrogens is 1. The summed E-state index contributed by atoms with van der Waals surface area (Å²) in [6.07, 6.45) is 1.80. The molecule has 3 N–H and O–H groups in total. The summed E-state index contributed by atoms with van der Waals surface area (Å²) in [7, 11) is 0. The van der Waals surface area contributed by atoms with Crippen LogP contribution in [0.1, 0.15) is 16.2 Å². The Balaban J connectivity index is 1.93. The molecule has 0 unspecified atom stereocenters. The molecular formula is C9H13N3O2S. The standard InChI is InChI=1S/C9H13N3O2S/c13-7-1-2-10-5-6(7)12-8(14)9-11-3-4-15-9/h3-4,6-7,10,13H,1-2,5H2,(H,12,14)/t6-,7-/m0/s1. The average Bonchev–Trinajstić information content (AvgIpc) is 2.74. The number of nitrogens with zero attached hydrogens (tertiary/aromatic N) is 1. The number of thiazole rings is 1. The van der Waals surface area contributed by atoms with Crippen LogP contribution >= 0.6 is 11.3 Å². The summed E-state index contributed by atoms with van der Waals surface area (Å²) in [5.41, 5.74) is 0. The summed E-state index contributed by atoms with van der Waals surface area (Å²) < 4.78 is 0. The van der Waals surface area contributed by atoms with Gasteiger partial charge in [0, 0.05) is 18.1 Å². The average molecular weight is 227 g/mol. The molecule has 0 spiro atoms. The van der Waals surface area contributed by atoms with Crippen LogP contribution in [0, 0.1) is 0 Å². The van der Waals surface area contributed by atoms with Crippen molar-refractivity contribution in [1.82, 2.24) is 15.6 Å². The van der Waals surface area contributed by atoms with Crippen molar-refractivity contribution in [3.05, 3.63) is 16.6 Å². The molecule has 1 aliphatic rings. The highest BCUT2D eigenvalue weighted by atomic mass is 32.1. The van der Waals surface area contributed by atoms with Gasteiger partial charge in [0.2, 0.25) is 0 Å². The highest BCUT2D eigenvalue weighted by Gasteiger charge is 2.25. The van der Waals surface area contributed by atoms with Crippen molar-refractivity contribution in [2.45, 2.75) is 18.6 Å². The normalized spacial score (nSPS) is 26.2. The van der Waals surface area contributed by atoms with Crippen LogP contribution in [-0.4, -0.2) is 41.2 Å². The largest absolute Gasteiger partial charge is 0.391 e. The summed E-state index contributed by atoms with van der Waals surface area (Å²) in [5.74, 6) is -0.210. The van der Waals surface area contributed by atoms with Crippen molar-refractivity contribution in [3.8, 4) is 0 Å². The lowest BCUT2D eigenvalue weighted by atomic mass is 10.0. The van der Waals surface area contributed by atoms with Crippen LogP contribution < -0.4 is 10.6 Å². The SMILES string of the molecule is O=C(N[C@H]1CNCC[C@@H]1O)c1nccs1. The Labute approximate surface area is 91.5 Å². The van der Waals surface area contributed by atoms with Crippen LogP contribution in [0.25, 0.3) is 0 Å². The quantitative estimate of drug-likeness (QED) is 0.642. The van der Waals surface area contributed by atoms with Gasteiger partial charge >= 0.3 is 0 Å². The number of aliphatic hydroxyl groups excluding tert-OH is 1. The van der Waals surface area contributed by atoms with Crippen LogP contribution in [0.4, 0.5) is 0 Å². The number of amides is 1. The zero-order valence-corrected chi connectivity index (χ0v) is 8.96. The van der Waals surface area contributed by atoms with E-state index in [2.05, 4.69) is 15.6 Å². The zero-order chi connectivity index (χ0) is 10.7. The minimum absolute atomic E-state index is 0.210. The first kappa shape index (κ1) is 10.5. The lowest BCUT2D eigenvalue weighted by Crippen LogP contribution is -2.53. The molecule has 15 heavy (non-hydrogen) atoms. The minimum Gasteiger partial charge on any atom is -0.391 e. The molecule has 1 aromatic heterocycles. The minimum atomic E-state index is -0.463. The highest BCUT2D eigenvalue weighted by Crippen LogP contribution is 2.07. The van der Waals surface area contributed by atoms with E-state index < -0.39 is 6.10 Å². The number of aliphatic hydroxyl groups is 1. The van der Waals surface area contributed by atoms with Crippen molar-refractivity contribution < 1.29 is 9.90 Å². The van der Waals surface area contributed by atoms with Gasteiger partial charge in [-0.05, 0) is 13.0 Å². The van der Waals surface area contributed by atoms with Gasteiger partial charge in [0.05, 0.1) is 12.1 Å². The molecule has 2 rings (SSSR count). The maximum atomic E-state index is 11.6. The van der Waals surface area contributed by atoms with Gasteiger partial charge in [-0.1, -0.05) is 0 Å². The first-order chi connectivity index (χ1) is 7.27. The van der Waals surface area contributed by atoms with Gasteiger partial charge in [-0.3, -0.25) is 4.79 Å². The van der Waals surface area contributed by atoms with E-state index in [9.17, 15) is 9.90 Å². The van der Waals surface area contributed by atoms with Crippen LogP contribution in [0.3, 0.4) is 0 Å². The Morgan fingerprint density at radius 2 is 2.60 bits per heavy atom. The van der Waals surface area contributed by atoms with E-state index in [1.54, 1.807) is 11.6 Å².